The molecule has 0 amide bonds. The molecule has 0 aliphatic rings. The molecule has 5 heteroatoms. The molecule has 0 spiro atoms. The highest BCUT2D eigenvalue weighted by Crippen LogP contribution is 2.22. The molecular weight excluding hydrogens is 258 g/mol. The minimum atomic E-state index is 0.316. The van der Waals surface area contributed by atoms with Crippen LogP contribution in [0.4, 0.5) is 5.82 Å². The number of nitrogens with zero attached hydrogens (tertiary/aromatic N) is 2. The molecule has 0 saturated heterocycles. The van der Waals surface area contributed by atoms with Crippen LogP contribution in [0.1, 0.15) is 22.2 Å². The van der Waals surface area contributed by atoms with E-state index in [1.165, 1.54) is 16.1 Å². The molecule has 2 aromatic rings. The second-order valence-electron chi connectivity index (χ2n) is 4.62. The van der Waals surface area contributed by atoms with Crippen molar-refractivity contribution in [3.05, 3.63) is 33.8 Å². The maximum absolute atomic E-state index is 5.20. The van der Waals surface area contributed by atoms with Crippen LogP contribution in [0.5, 0.6) is 5.88 Å². The van der Waals surface area contributed by atoms with Gasteiger partial charge in [-0.3, -0.25) is 0 Å². The van der Waals surface area contributed by atoms with E-state index < -0.39 is 0 Å². The van der Waals surface area contributed by atoms with Crippen molar-refractivity contribution in [1.29, 1.82) is 0 Å². The van der Waals surface area contributed by atoms with Crippen molar-refractivity contribution in [2.75, 3.05) is 12.4 Å². The van der Waals surface area contributed by atoms with Gasteiger partial charge in [-0.1, -0.05) is 0 Å². The molecule has 1 N–H and O–H groups in total. The van der Waals surface area contributed by atoms with Crippen LogP contribution in [-0.4, -0.2) is 23.1 Å². The number of ether oxygens (including phenoxy) is 1. The van der Waals surface area contributed by atoms with E-state index >= 15 is 0 Å². The van der Waals surface area contributed by atoms with Gasteiger partial charge < -0.3 is 10.1 Å². The van der Waals surface area contributed by atoms with Gasteiger partial charge in [0.15, 0.2) is 0 Å². The summed E-state index contributed by atoms with van der Waals surface area (Å²) < 4.78 is 5.20. The van der Waals surface area contributed by atoms with Gasteiger partial charge in [-0.25, -0.2) is 9.97 Å². The van der Waals surface area contributed by atoms with Crippen LogP contribution in [0.3, 0.4) is 0 Å². The standard InChI is InChI=1S/C14H19N3OS/c1-9(7-12-6-5-10(2)19-12)17-13-11(3)14(18-4)16-8-15-13/h5-6,8-9H,7H2,1-4H3,(H,15,16,17). The summed E-state index contributed by atoms with van der Waals surface area (Å²) >= 11 is 1.84. The number of hydrogen-bond donors (Lipinski definition) is 1. The Hall–Kier alpha value is -1.62. The van der Waals surface area contributed by atoms with Crippen LogP contribution in [0.25, 0.3) is 0 Å². The first-order valence-corrected chi connectivity index (χ1v) is 7.09. The van der Waals surface area contributed by atoms with Crippen molar-refractivity contribution in [3.63, 3.8) is 0 Å². The van der Waals surface area contributed by atoms with Gasteiger partial charge >= 0.3 is 0 Å². The molecule has 0 bridgehead atoms. The Morgan fingerprint density at radius 3 is 2.74 bits per heavy atom. The van der Waals surface area contributed by atoms with Crippen LogP contribution < -0.4 is 10.1 Å². The molecule has 102 valence electrons. The van der Waals surface area contributed by atoms with Gasteiger partial charge in [-0.05, 0) is 32.9 Å². The van der Waals surface area contributed by atoms with Gasteiger partial charge in [0.05, 0.1) is 12.7 Å². The maximum atomic E-state index is 5.20. The lowest BCUT2D eigenvalue weighted by Gasteiger charge is -2.16. The number of rotatable bonds is 5. The molecule has 0 saturated carbocycles. The SMILES string of the molecule is COc1ncnc(NC(C)Cc2ccc(C)s2)c1C. The lowest BCUT2D eigenvalue weighted by atomic mass is 10.2. The molecule has 19 heavy (non-hydrogen) atoms. The third-order valence-electron chi connectivity index (χ3n) is 2.92. The van der Waals surface area contributed by atoms with E-state index in [9.17, 15) is 0 Å². The van der Waals surface area contributed by atoms with Gasteiger partial charge in [0.2, 0.25) is 5.88 Å². The zero-order valence-corrected chi connectivity index (χ0v) is 12.5. The summed E-state index contributed by atoms with van der Waals surface area (Å²) in [4.78, 5) is 11.1. The summed E-state index contributed by atoms with van der Waals surface area (Å²) in [6.45, 7) is 6.25. The number of aromatic nitrogens is 2. The van der Waals surface area contributed by atoms with Crippen LogP contribution in [-0.2, 0) is 6.42 Å². The summed E-state index contributed by atoms with van der Waals surface area (Å²) in [6.07, 6.45) is 2.51. The van der Waals surface area contributed by atoms with Crippen molar-refractivity contribution >= 4 is 17.2 Å². The van der Waals surface area contributed by atoms with E-state index in [0.717, 1.165) is 17.8 Å². The fraction of sp³-hybridized carbons (Fsp3) is 0.429. The van der Waals surface area contributed by atoms with Crippen molar-refractivity contribution in [2.24, 2.45) is 0 Å². The minimum absolute atomic E-state index is 0.316. The van der Waals surface area contributed by atoms with Crippen molar-refractivity contribution in [1.82, 2.24) is 9.97 Å². The van der Waals surface area contributed by atoms with Crippen LogP contribution >= 0.6 is 11.3 Å². The number of thiophene rings is 1. The molecule has 1 atom stereocenters. The number of nitrogens with one attached hydrogen (secondary N) is 1. The van der Waals surface area contributed by atoms with Crippen LogP contribution in [0.2, 0.25) is 0 Å². The van der Waals surface area contributed by atoms with E-state index in [0.29, 0.717) is 11.9 Å². The van der Waals surface area contributed by atoms with Crippen molar-refractivity contribution in [2.45, 2.75) is 33.2 Å². The highest BCUT2D eigenvalue weighted by Gasteiger charge is 2.11. The third-order valence-corrected chi connectivity index (χ3v) is 3.94. The molecule has 0 aliphatic carbocycles. The quantitative estimate of drug-likeness (QED) is 0.911. The monoisotopic (exact) mass is 277 g/mol. The number of hydrogen-bond acceptors (Lipinski definition) is 5. The van der Waals surface area contributed by atoms with Crippen molar-refractivity contribution < 1.29 is 4.74 Å². The highest BCUT2D eigenvalue weighted by molar-refractivity contribution is 7.11. The van der Waals surface area contributed by atoms with E-state index in [-0.39, 0.29) is 0 Å². The summed E-state index contributed by atoms with van der Waals surface area (Å²) in [5, 5.41) is 3.42. The summed E-state index contributed by atoms with van der Waals surface area (Å²) in [7, 11) is 1.62. The lowest BCUT2D eigenvalue weighted by molar-refractivity contribution is 0.393. The predicted molar refractivity (Wildman–Crippen MR) is 79.2 cm³/mol. The fourth-order valence-corrected chi connectivity index (χ4v) is 2.99. The predicted octanol–water partition coefficient (Wildman–Crippen LogP) is 3.21. The molecule has 2 rings (SSSR count). The largest absolute Gasteiger partial charge is 0.481 e. The average molecular weight is 277 g/mol. The Labute approximate surface area is 117 Å². The Morgan fingerprint density at radius 2 is 2.11 bits per heavy atom. The topological polar surface area (TPSA) is 47.0 Å². The molecule has 0 fully saturated rings. The third kappa shape index (κ3) is 3.44. The van der Waals surface area contributed by atoms with Gasteiger partial charge in [-0.15, -0.1) is 11.3 Å². The molecule has 2 aromatic heterocycles. The molecule has 0 aromatic carbocycles. The molecular formula is C14H19N3OS. The highest BCUT2D eigenvalue weighted by atomic mass is 32.1. The lowest BCUT2D eigenvalue weighted by Crippen LogP contribution is -2.19. The zero-order chi connectivity index (χ0) is 13.8. The first-order chi connectivity index (χ1) is 9.10. The van der Waals surface area contributed by atoms with Crippen molar-refractivity contribution in [3.8, 4) is 5.88 Å². The van der Waals surface area contributed by atoms with Gasteiger partial charge in [0.25, 0.3) is 0 Å². The van der Waals surface area contributed by atoms with E-state index in [1.807, 2.05) is 18.3 Å². The molecule has 0 radical (unpaired) electrons. The van der Waals surface area contributed by atoms with Crippen LogP contribution in [0.15, 0.2) is 18.5 Å². The Bertz CT molecular complexity index is 553. The molecule has 4 nitrogen and oxygen atoms in total. The molecule has 2 heterocycles. The average Bonchev–Trinajstić information content (AvgIpc) is 2.77. The summed E-state index contributed by atoms with van der Waals surface area (Å²) in [5.74, 6) is 1.46. The number of methoxy groups -OCH3 is 1. The van der Waals surface area contributed by atoms with E-state index in [1.54, 1.807) is 7.11 Å². The fourth-order valence-electron chi connectivity index (χ4n) is 1.97. The zero-order valence-electron chi connectivity index (χ0n) is 11.7. The normalized spacial score (nSPS) is 12.2. The smallest absolute Gasteiger partial charge is 0.221 e. The maximum Gasteiger partial charge on any atom is 0.221 e. The van der Waals surface area contributed by atoms with Gasteiger partial charge in [0, 0.05) is 22.2 Å². The second-order valence-corrected chi connectivity index (χ2v) is 5.99. The minimum Gasteiger partial charge on any atom is -0.481 e. The first kappa shape index (κ1) is 13.8. The van der Waals surface area contributed by atoms with Crippen LogP contribution in [0, 0.1) is 13.8 Å². The first-order valence-electron chi connectivity index (χ1n) is 6.27. The second kappa shape index (κ2) is 6.02. The number of anilines is 1. The summed E-state index contributed by atoms with van der Waals surface area (Å²) in [5.41, 5.74) is 0.944. The van der Waals surface area contributed by atoms with Gasteiger partial charge in [0.1, 0.15) is 12.1 Å². The molecule has 0 aliphatic heterocycles. The van der Waals surface area contributed by atoms with Gasteiger partial charge in [-0.2, -0.15) is 0 Å². The van der Waals surface area contributed by atoms with E-state index in [2.05, 4.69) is 41.3 Å². The Morgan fingerprint density at radius 1 is 1.32 bits per heavy atom. The van der Waals surface area contributed by atoms with E-state index in [4.69, 9.17) is 4.74 Å². The molecule has 1 unspecified atom stereocenters. The number of aryl methyl sites for hydroxylation is 1. The Balaban J connectivity index is 2.04. The Kier molecular flexibility index (Phi) is 4.37. The summed E-state index contributed by atoms with van der Waals surface area (Å²) in [6, 6.07) is 4.66.